The SMILES string of the molecule is CN1C[C@H](NC(=O)OC(C)(C)C)Cc2ccccc21. The molecule has 19 heavy (non-hydrogen) atoms. The molecule has 1 atom stereocenters. The summed E-state index contributed by atoms with van der Waals surface area (Å²) in [6.45, 7) is 6.41. The number of para-hydroxylation sites is 1. The van der Waals surface area contributed by atoms with Crippen molar-refractivity contribution in [1.82, 2.24) is 5.32 Å². The van der Waals surface area contributed by atoms with Crippen molar-refractivity contribution < 1.29 is 9.53 Å². The van der Waals surface area contributed by atoms with Gasteiger partial charge in [0, 0.05) is 19.3 Å². The van der Waals surface area contributed by atoms with Gasteiger partial charge in [-0.25, -0.2) is 4.79 Å². The standard InChI is InChI=1S/C15H22N2O2/c1-15(2,3)19-14(18)16-12-9-11-7-5-6-8-13(11)17(4)10-12/h5-8,12H,9-10H2,1-4H3,(H,16,18)/t12-/m1/s1. The molecule has 4 heteroatoms. The molecule has 1 aliphatic heterocycles. The number of benzene rings is 1. The molecule has 0 saturated carbocycles. The van der Waals surface area contributed by atoms with Crippen LogP contribution in [0.1, 0.15) is 26.3 Å². The van der Waals surface area contributed by atoms with Gasteiger partial charge in [0.1, 0.15) is 5.60 Å². The van der Waals surface area contributed by atoms with E-state index in [0.717, 1.165) is 13.0 Å². The van der Waals surface area contributed by atoms with Crippen molar-refractivity contribution in [2.45, 2.75) is 38.8 Å². The number of nitrogens with zero attached hydrogens (tertiary/aromatic N) is 1. The largest absolute Gasteiger partial charge is 0.444 e. The maximum Gasteiger partial charge on any atom is 0.407 e. The summed E-state index contributed by atoms with van der Waals surface area (Å²) in [7, 11) is 2.04. The van der Waals surface area contributed by atoms with Crippen LogP contribution in [-0.2, 0) is 11.2 Å². The van der Waals surface area contributed by atoms with E-state index in [1.807, 2.05) is 40.0 Å². The molecule has 2 rings (SSSR count). The highest BCUT2D eigenvalue weighted by molar-refractivity contribution is 5.69. The third-order valence-electron chi connectivity index (χ3n) is 3.08. The first-order valence-electron chi connectivity index (χ1n) is 6.64. The number of carbonyl (C=O) groups is 1. The quantitative estimate of drug-likeness (QED) is 0.845. The van der Waals surface area contributed by atoms with Gasteiger partial charge in [0.25, 0.3) is 0 Å². The van der Waals surface area contributed by atoms with Crippen molar-refractivity contribution in [2.75, 3.05) is 18.5 Å². The summed E-state index contributed by atoms with van der Waals surface area (Å²) < 4.78 is 5.30. The number of carbonyl (C=O) groups excluding carboxylic acids is 1. The number of amides is 1. The summed E-state index contributed by atoms with van der Waals surface area (Å²) in [5.74, 6) is 0. The van der Waals surface area contributed by atoms with Crippen molar-refractivity contribution >= 4 is 11.8 Å². The fourth-order valence-corrected chi connectivity index (χ4v) is 2.39. The predicted molar refractivity (Wildman–Crippen MR) is 76.6 cm³/mol. The van der Waals surface area contributed by atoms with E-state index in [4.69, 9.17) is 4.74 Å². The lowest BCUT2D eigenvalue weighted by Crippen LogP contribution is -2.48. The molecule has 0 saturated heterocycles. The zero-order valence-electron chi connectivity index (χ0n) is 12.1. The monoisotopic (exact) mass is 262 g/mol. The van der Waals surface area contributed by atoms with Crippen LogP contribution >= 0.6 is 0 Å². The van der Waals surface area contributed by atoms with Crippen LogP contribution in [0.4, 0.5) is 10.5 Å². The van der Waals surface area contributed by atoms with Crippen LogP contribution in [0.5, 0.6) is 0 Å². The Bertz CT molecular complexity index is 465. The molecule has 1 aliphatic rings. The Balaban J connectivity index is 2.00. The third-order valence-corrected chi connectivity index (χ3v) is 3.08. The second kappa shape index (κ2) is 5.11. The Labute approximate surface area is 114 Å². The summed E-state index contributed by atoms with van der Waals surface area (Å²) >= 11 is 0. The summed E-state index contributed by atoms with van der Waals surface area (Å²) in [5, 5.41) is 2.94. The van der Waals surface area contributed by atoms with Gasteiger partial charge >= 0.3 is 6.09 Å². The molecule has 1 aromatic rings. The lowest BCUT2D eigenvalue weighted by molar-refractivity contribution is 0.0505. The second-order valence-electron chi connectivity index (χ2n) is 6.06. The number of ether oxygens (including phenoxy) is 1. The van der Waals surface area contributed by atoms with Gasteiger partial charge in [-0.2, -0.15) is 0 Å². The van der Waals surface area contributed by atoms with Gasteiger partial charge < -0.3 is 15.0 Å². The molecule has 1 N–H and O–H groups in total. The Hall–Kier alpha value is -1.71. The maximum absolute atomic E-state index is 11.8. The Morgan fingerprint density at radius 1 is 1.37 bits per heavy atom. The average molecular weight is 262 g/mol. The Morgan fingerprint density at radius 2 is 2.05 bits per heavy atom. The fraction of sp³-hybridized carbons (Fsp3) is 0.533. The fourth-order valence-electron chi connectivity index (χ4n) is 2.39. The highest BCUT2D eigenvalue weighted by atomic mass is 16.6. The zero-order chi connectivity index (χ0) is 14.0. The minimum atomic E-state index is -0.456. The topological polar surface area (TPSA) is 41.6 Å². The van der Waals surface area contributed by atoms with Gasteiger partial charge in [-0.3, -0.25) is 0 Å². The number of anilines is 1. The van der Waals surface area contributed by atoms with Crippen LogP contribution in [0, 0.1) is 0 Å². The molecule has 0 unspecified atom stereocenters. The highest BCUT2D eigenvalue weighted by Crippen LogP contribution is 2.25. The molecule has 1 amide bonds. The summed E-state index contributed by atoms with van der Waals surface area (Å²) in [6, 6.07) is 8.38. The van der Waals surface area contributed by atoms with Crippen molar-refractivity contribution in [3.05, 3.63) is 29.8 Å². The van der Waals surface area contributed by atoms with Gasteiger partial charge in [-0.15, -0.1) is 0 Å². The van der Waals surface area contributed by atoms with E-state index in [-0.39, 0.29) is 12.1 Å². The maximum atomic E-state index is 11.8. The molecule has 104 valence electrons. The molecule has 1 heterocycles. The second-order valence-corrected chi connectivity index (χ2v) is 6.06. The molecule has 0 bridgehead atoms. The van der Waals surface area contributed by atoms with Gasteiger partial charge in [-0.1, -0.05) is 18.2 Å². The number of fused-ring (bicyclic) bond motifs is 1. The number of alkyl carbamates (subject to hydrolysis) is 1. The minimum absolute atomic E-state index is 0.0924. The number of hydrogen-bond acceptors (Lipinski definition) is 3. The first-order chi connectivity index (χ1) is 8.85. The minimum Gasteiger partial charge on any atom is -0.444 e. The smallest absolute Gasteiger partial charge is 0.407 e. The molecule has 4 nitrogen and oxygen atoms in total. The van der Waals surface area contributed by atoms with E-state index in [9.17, 15) is 4.79 Å². The van der Waals surface area contributed by atoms with E-state index in [1.165, 1.54) is 11.3 Å². The van der Waals surface area contributed by atoms with Crippen LogP contribution in [0.3, 0.4) is 0 Å². The molecule has 1 aromatic carbocycles. The van der Waals surface area contributed by atoms with Gasteiger partial charge in [0.2, 0.25) is 0 Å². The molecule has 0 fully saturated rings. The van der Waals surface area contributed by atoms with E-state index >= 15 is 0 Å². The lowest BCUT2D eigenvalue weighted by atomic mass is 9.98. The number of nitrogens with one attached hydrogen (secondary N) is 1. The number of likely N-dealkylation sites (N-methyl/N-ethyl adjacent to an activating group) is 1. The third kappa shape index (κ3) is 3.63. The first kappa shape index (κ1) is 13.7. The molecular weight excluding hydrogens is 240 g/mol. The van der Waals surface area contributed by atoms with E-state index in [1.54, 1.807) is 0 Å². The average Bonchev–Trinajstić information content (AvgIpc) is 2.26. The van der Waals surface area contributed by atoms with E-state index in [2.05, 4.69) is 22.3 Å². The van der Waals surface area contributed by atoms with Crippen molar-refractivity contribution in [3.8, 4) is 0 Å². The Morgan fingerprint density at radius 3 is 2.74 bits per heavy atom. The molecule has 0 radical (unpaired) electrons. The normalized spacial score (nSPS) is 18.7. The number of rotatable bonds is 1. The number of hydrogen-bond donors (Lipinski definition) is 1. The van der Waals surface area contributed by atoms with Gasteiger partial charge in [0.05, 0.1) is 6.04 Å². The molecule has 0 aliphatic carbocycles. The van der Waals surface area contributed by atoms with Crippen LogP contribution in [0.2, 0.25) is 0 Å². The van der Waals surface area contributed by atoms with Crippen LogP contribution in [-0.4, -0.2) is 31.3 Å². The predicted octanol–water partition coefficient (Wildman–Crippen LogP) is 2.57. The van der Waals surface area contributed by atoms with E-state index in [0.29, 0.717) is 0 Å². The van der Waals surface area contributed by atoms with Crippen molar-refractivity contribution in [1.29, 1.82) is 0 Å². The molecule has 0 spiro atoms. The molecular formula is C15H22N2O2. The van der Waals surface area contributed by atoms with Gasteiger partial charge in [0.15, 0.2) is 0 Å². The van der Waals surface area contributed by atoms with Crippen LogP contribution in [0.15, 0.2) is 24.3 Å². The van der Waals surface area contributed by atoms with Crippen molar-refractivity contribution in [2.24, 2.45) is 0 Å². The first-order valence-corrected chi connectivity index (χ1v) is 6.64. The Kier molecular flexibility index (Phi) is 3.69. The lowest BCUT2D eigenvalue weighted by Gasteiger charge is -2.34. The summed E-state index contributed by atoms with van der Waals surface area (Å²) in [5.41, 5.74) is 2.05. The van der Waals surface area contributed by atoms with Crippen LogP contribution in [0.25, 0.3) is 0 Å². The van der Waals surface area contributed by atoms with Crippen molar-refractivity contribution in [3.63, 3.8) is 0 Å². The molecule has 0 aromatic heterocycles. The summed E-state index contributed by atoms with van der Waals surface area (Å²) in [6.07, 6.45) is 0.505. The summed E-state index contributed by atoms with van der Waals surface area (Å²) in [4.78, 5) is 14.0. The zero-order valence-corrected chi connectivity index (χ0v) is 12.1. The van der Waals surface area contributed by atoms with Crippen LogP contribution < -0.4 is 10.2 Å². The van der Waals surface area contributed by atoms with E-state index < -0.39 is 5.60 Å². The van der Waals surface area contributed by atoms with Gasteiger partial charge in [-0.05, 0) is 38.8 Å². The highest BCUT2D eigenvalue weighted by Gasteiger charge is 2.25.